The van der Waals surface area contributed by atoms with Crippen LogP contribution in [0, 0.1) is 17.7 Å². The molecule has 1 heterocycles. The number of hydrogen-bond acceptors (Lipinski definition) is 3. The minimum atomic E-state index is -0.402. The highest BCUT2D eigenvalue weighted by Gasteiger charge is 2.34. The van der Waals surface area contributed by atoms with Crippen molar-refractivity contribution in [3.8, 4) is 5.75 Å². The van der Waals surface area contributed by atoms with Crippen molar-refractivity contribution in [1.29, 1.82) is 0 Å². The topological polar surface area (TPSA) is 53.1 Å². The molecular formula is C16H22FN3O. The average Bonchev–Trinajstić information content (AvgIpc) is 2.96. The predicted molar refractivity (Wildman–Crippen MR) is 81.9 cm³/mol. The Labute approximate surface area is 124 Å². The summed E-state index contributed by atoms with van der Waals surface area (Å²) >= 11 is 0. The summed E-state index contributed by atoms with van der Waals surface area (Å²) in [4.78, 5) is 4.32. The first-order chi connectivity index (χ1) is 10.1. The third-order valence-electron chi connectivity index (χ3n) is 5.03. The van der Waals surface area contributed by atoms with Crippen molar-refractivity contribution in [2.24, 2.45) is 11.8 Å². The Morgan fingerprint density at radius 2 is 2.19 bits per heavy atom. The van der Waals surface area contributed by atoms with Crippen LogP contribution in [0.2, 0.25) is 0 Å². The molecule has 3 unspecified atom stereocenters. The van der Waals surface area contributed by atoms with Crippen molar-refractivity contribution in [3.05, 3.63) is 17.9 Å². The van der Waals surface area contributed by atoms with Gasteiger partial charge in [-0.1, -0.05) is 20.3 Å². The summed E-state index contributed by atoms with van der Waals surface area (Å²) in [7, 11) is 1.47. The summed E-state index contributed by atoms with van der Waals surface area (Å²) in [6.07, 6.45) is 3.48. The van der Waals surface area contributed by atoms with E-state index in [9.17, 15) is 4.39 Å². The quantitative estimate of drug-likeness (QED) is 0.936. The lowest BCUT2D eigenvalue weighted by molar-refractivity contribution is 0.336. The van der Waals surface area contributed by atoms with Crippen molar-refractivity contribution in [2.75, 3.05) is 12.8 Å². The molecule has 2 aromatic rings. The predicted octanol–water partition coefficient (Wildman–Crippen LogP) is 3.76. The first kappa shape index (κ1) is 14.2. The van der Waals surface area contributed by atoms with Gasteiger partial charge in [0.05, 0.1) is 18.1 Å². The number of halogens is 1. The number of ether oxygens (including phenoxy) is 1. The number of nitrogens with two attached hydrogens (primary N) is 1. The summed E-state index contributed by atoms with van der Waals surface area (Å²) in [5.74, 6) is 1.56. The third kappa shape index (κ3) is 2.15. The van der Waals surface area contributed by atoms with Gasteiger partial charge >= 0.3 is 0 Å². The Balaban J connectivity index is 2.12. The Morgan fingerprint density at radius 1 is 1.43 bits per heavy atom. The summed E-state index contributed by atoms with van der Waals surface area (Å²) in [5, 5.41) is 0. The molecule has 2 N–H and O–H groups in total. The molecule has 1 aromatic carbocycles. The van der Waals surface area contributed by atoms with Crippen LogP contribution in [0.5, 0.6) is 5.75 Å². The Hall–Kier alpha value is -1.78. The van der Waals surface area contributed by atoms with E-state index in [0.29, 0.717) is 29.3 Å². The van der Waals surface area contributed by atoms with Crippen LogP contribution >= 0.6 is 0 Å². The van der Waals surface area contributed by atoms with Crippen molar-refractivity contribution in [3.63, 3.8) is 0 Å². The van der Waals surface area contributed by atoms with Crippen molar-refractivity contribution in [1.82, 2.24) is 9.55 Å². The van der Waals surface area contributed by atoms with Crippen LogP contribution in [0.3, 0.4) is 0 Å². The number of methoxy groups -OCH3 is 1. The maximum atomic E-state index is 13.8. The number of imidazole rings is 1. The summed E-state index contributed by atoms with van der Waals surface area (Å²) in [5.41, 5.74) is 7.57. The fourth-order valence-corrected chi connectivity index (χ4v) is 3.79. The molecule has 4 nitrogen and oxygen atoms in total. The highest BCUT2D eigenvalue weighted by atomic mass is 19.1. The maximum Gasteiger partial charge on any atom is 0.201 e. The van der Waals surface area contributed by atoms with Crippen molar-refractivity contribution < 1.29 is 9.13 Å². The smallest absolute Gasteiger partial charge is 0.201 e. The van der Waals surface area contributed by atoms with Crippen molar-refractivity contribution in [2.45, 2.75) is 39.2 Å². The molecule has 1 aliphatic carbocycles. The molecule has 1 aromatic heterocycles. The van der Waals surface area contributed by atoms with E-state index in [4.69, 9.17) is 10.5 Å². The molecule has 3 rings (SSSR count). The summed E-state index contributed by atoms with van der Waals surface area (Å²) in [6.45, 7) is 4.51. The molecule has 0 spiro atoms. The van der Waals surface area contributed by atoms with E-state index in [0.717, 1.165) is 11.9 Å². The van der Waals surface area contributed by atoms with Crippen LogP contribution in [0.4, 0.5) is 10.3 Å². The number of hydrogen-bond donors (Lipinski definition) is 1. The van der Waals surface area contributed by atoms with Gasteiger partial charge < -0.3 is 15.0 Å². The van der Waals surface area contributed by atoms with Crippen LogP contribution in [-0.2, 0) is 0 Å². The minimum Gasteiger partial charge on any atom is -0.494 e. The lowest BCUT2D eigenvalue weighted by Crippen LogP contribution is -2.17. The molecule has 0 amide bonds. The number of nitrogens with zero attached hydrogens (tertiary/aromatic N) is 2. The SMILES string of the molecule is CCC1CCC(n2c(N)nc3cc(F)c(OC)cc32)C1C. The van der Waals surface area contributed by atoms with Gasteiger partial charge in [-0.2, -0.15) is 0 Å². The van der Waals surface area contributed by atoms with E-state index in [1.807, 2.05) is 0 Å². The van der Waals surface area contributed by atoms with Gasteiger partial charge in [0.1, 0.15) is 0 Å². The number of anilines is 1. The van der Waals surface area contributed by atoms with Crippen LogP contribution in [0.1, 0.15) is 39.2 Å². The largest absolute Gasteiger partial charge is 0.494 e. The second kappa shape index (κ2) is 5.20. The van der Waals surface area contributed by atoms with E-state index in [1.165, 1.54) is 26.0 Å². The summed E-state index contributed by atoms with van der Waals surface area (Å²) < 4.78 is 21.0. The standard InChI is InChI=1S/C16H22FN3O/c1-4-10-5-6-13(9(10)2)20-14-8-15(21-3)11(17)7-12(14)19-16(20)18/h7-10,13H,4-6H2,1-3H3,(H2,18,19). The zero-order valence-electron chi connectivity index (χ0n) is 12.8. The number of fused-ring (bicyclic) bond motifs is 1. The first-order valence-electron chi connectivity index (χ1n) is 7.57. The monoisotopic (exact) mass is 291 g/mol. The minimum absolute atomic E-state index is 0.237. The van der Waals surface area contributed by atoms with E-state index in [-0.39, 0.29) is 5.75 Å². The van der Waals surface area contributed by atoms with Crippen LogP contribution in [-0.4, -0.2) is 16.7 Å². The van der Waals surface area contributed by atoms with Crippen LogP contribution in [0.25, 0.3) is 11.0 Å². The van der Waals surface area contributed by atoms with E-state index in [2.05, 4.69) is 23.4 Å². The molecule has 0 bridgehead atoms. The molecule has 1 saturated carbocycles. The molecule has 5 heteroatoms. The van der Waals surface area contributed by atoms with E-state index < -0.39 is 5.82 Å². The summed E-state index contributed by atoms with van der Waals surface area (Å²) in [6, 6.07) is 3.44. The molecule has 0 radical (unpaired) electrons. The Morgan fingerprint density at radius 3 is 2.81 bits per heavy atom. The lowest BCUT2D eigenvalue weighted by Gasteiger charge is -2.22. The molecule has 1 aliphatic rings. The molecule has 1 fully saturated rings. The molecule has 0 aliphatic heterocycles. The van der Waals surface area contributed by atoms with Crippen LogP contribution in [0.15, 0.2) is 12.1 Å². The average molecular weight is 291 g/mol. The molecule has 114 valence electrons. The second-order valence-corrected chi connectivity index (χ2v) is 5.99. The fraction of sp³-hybridized carbons (Fsp3) is 0.562. The van der Waals surface area contributed by atoms with Gasteiger partial charge in [-0.05, 0) is 24.7 Å². The molecular weight excluding hydrogens is 269 g/mol. The normalized spacial score (nSPS) is 25.6. The van der Waals surface area contributed by atoms with E-state index in [1.54, 1.807) is 6.07 Å². The maximum absolute atomic E-state index is 13.8. The van der Waals surface area contributed by atoms with Crippen LogP contribution < -0.4 is 10.5 Å². The third-order valence-corrected chi connectivity index (χ3v) is 5.03. The van der Waals surface area contributed by atoms with Gasteiger partial charge in [-0.15, -0.1) is 0 Å². The zero-order chi connectivity index (χ0) is 15.1. The number of aromatic nitrogens is 2. The van der Waals surface area contributed by atoms with Gasteiger partial charge in [0.25, 0.3) is 0 Å². The number of nitrogen functional groups attached to an aromatic ring is 1. The fourth-order valence-electron chi connectivity index (χ4n) is 3.79. The number of benzene rings is 1. The van der Waals surface area contributed by atoms with Gasteiger partial charge in [0.15, 0.2) is 11.6 Å². The molecule has 3 atom stereocenters. The van der Waals surface area contributed by atoms with Gasteiger partial charge in [0.2, 0.25) is 5.95 Å². The highest BCUT2D eigenvalue weighted by Crippen LogP contribution is 2.44. The first-order valence-corrected chi connectivity index (χ1v) is 7.57. The van der Waals surface area contributed by atoms with Gasteiger partial charge in [-0.25, -0.2) is 9.37 Å². The highest BCUT2D eigenvalue weighted by molar-refractivity contribution is 5.80. The lowest BCUT2D eigenvalue weighted by atomic mass is 9.93. The number of rotatable bonds is 3. The Bertz CT molecular complexity index is 667. The zero-order valence-corrected chi connectivity index (χ0v) is 12.8. The second-order valence-electron chi connectivity index (χ2n) is 5.99. The van der Waals surface area contributed by atoms with E-state index >= 15 is 0 Å². The molecule has 21 heavy (non-hydrogen) atoms. The Kier molecular flexibility index (Phi) is 3.51. The van der Waals surface area contributed by atoms with Gasteiger partial charge in [0, 0.05) is 18.2 Å². The van der Waals surface area contributed by atoms with Gasteiger partial charge in [-0.3, -0.25) is 0 Å². The van der Waals surface area contributed by atoms with Crippen molar-refractivity contribution >= 4 is 17.0 Å². The molecule has 0 saturated heterocycles.